The molecule has 1 aliphatic rings. The van der Waals surface area contributed by atoms with Crippen molar-refractivity contribution in [3.63, 3.8) is 0 Å². The van der Waals surface area contributed by atoms with Crippen molar-refractivity contribution in [3.8, 4) is 0 Å². The zero-order valence-electron chi connectivity index (χ0n) is 15.2. The normalized spacial score (nSPS) is 19.9. The summed E-state index contributed by atoms with van der Waals surface area (Å²) >= 11 is 11.9. The van der Waals surface area contributed by atoms with Crippen LogP contribution >= 0.6 is 23.2 Å². The molecular formula is C18H26Cl2N2O3S. The SMILES string of the molecule is CCC[C@H](C)NC(=O)[C@@H]1CCCN(S(=O)(=O)Cc2ccc(Cl)c(Cl)c2)C1. The summed E-state index contributed by atoms with van der Waals surface area (Å²) in [5.74, 6) is -0.503. The number of piperidine rings is 1. The van der Waals surface area contributed by atoms with E-state index < -0.39 is 10.0 Å². The van der Waals surface area contributed by atoms with E-state index in [1.54, 1.807) is 18.2 Å². The second kappa shape index (κ2) is 9.40. The molecule has 1 fully saturated rings. The summed E-state index contributed by atoms with van der Waals surface area (Å²) in [6.45, 7) is 4.72. The molecule has 0 saturated carbocycles. The number of benzene rings is 1. The number of rotatable bonds is 7. The maximum atomic E-state index is 12.8. The number of carbonyl (C=O) groups excluding carboxylic acids is 1. The van der Waals surface area contributed by atoms with Crippen LogP contribution in [0.3, 0.4) is 0 Å². The first-order valence-electron chi connectivity index (χ1n) is 8.95. The van der Waals surface area contributed by atoms with Crippen molar-refractivity contribution in [1.82, 2.24) is 9.62 Å². The number of nitrogens with one attached hydrogen (secondary N) is 1. The van der Waals surface area contributed by atoms with Gasteiger partial charge in [0.05, 0.1) is 21.7 Å². The lowest BCUT2D eigenvalue weighted by atomic mass is 9.98. The standard InChI is InChI=1S/C18H26Cl2N2O3S/c1-3-5-13(2)21-18(23)15-6-4-9-22(11-15)26(24,25)12-14-7-8-16(19)17(20)10-14/h7-8,10,13,15H,3-6,9,11-12H2,1-2H3,(H,21,23)/t13-,15+/m0/s1. The van der Waals surface area contributed by atoms with Crippen LogP contribution in [0.25, 0.3) is 0 Å². The van der Waals surface area contributed by atoms with Crippen molar-refractivity contribution in [2.75, 3.05) is 13.1 Å². The van der Waals surface area contributed by atoms with Crippen molar-refractivity contribution in [2.45, 2.75) is 51.3 Å². The lowest BCUT2D eigenvalue weighted by Crippen LogP contribution is -2.47. The van der Waals surface area contributed by atoms with Gasteiger partial charge in [-0.05, 0) is 43.9 Å². The van der Waals surface area contributed by atoms with Gasteiger partial charge in [0.15, 0.2) is 0 Å². The first-order chi connectivity index (χ1) is 12.2. The summed E-state index contributed by atoms with van der Waals surface area (Å²) in [6, 6.07) is 4.93. The van der Waals surface area contributed by atoms with Crippen LogP contribution in [0.15, 0.2) is 18.2 Å². The van der Waals surface area contributed by atoms with E-state index in [9.17, 15) is 13.2 Å². The second-order valence-electron chi connectivity index (χ2n) is 6.90. The fourth-order valence-corrected chi connectivity index (χ4v) is 5.12. The molecule has 1 amide bonds. The molecule has 1 N–H and O–H groups in total. The van der Waals surface area contributed by atoms with Crippen molar-refractivity contribution in [2.24, 2.45) is 5.92 Å². The summed E-state index contributed by atoms with van der Waals surface area (Å²) in [5, 5.41) is 3.72. The number of hydrogen-bond acceptors (Lipinski definition) is 3. The van der Waals surface area contributed by atoms with Gasteiger partial charge in [-0.2, -0.15) is 0 Å². The first kappa shape index (κ1) is 21.5. The minimum absolute atomic E-state index is 0.0552. The summed E-state index contributed by atoms with van der Waals surface area (Å²) in [7, 11) is -3.52. The average molecular weight is 421 g/mol. The van der Waals surface area contributed by atoms with E-state index in [-0.39, 0.29) is 30.2 Å². The molecule has 1 aromatic carbocycles. The minimum Gasteiger partial charge on any atom is -0.353 e. The lowest BCUT2D eigenvalue weighted by Gasteiger charge is -2.32. The molecule has 146 valence electrons. The highest BCUT2D eigenvalue weighted by atomic mass is 35.5. The van der Waals surface area contributed by atoms with Crippen LogP contribution in [-0.4, -0.2) is 37.8 Å². The van der Waals surface area contributed by atoms with Gasteiger partial charge < -0.3 is 5.32 Å². The molecular weight excluding hydrogens is 395 g/mol. The number of sulfonamides is 1. The van der Waals surface area contributed by atoms with Crippen molar-refractivity contribution in [1.29, 1.82) is 0 Å². The predicted octanol–water partition coefficient (Wildman–Crippen LogP) is 3.84. The van der Waals surface area contributed by atoms with Crippen LogP contribution < -0.4 is 5.32 Å². The third-order valence-corrected chi connectivity index (χ3v) is 7.15. The van der Waals surface area contributed by atoms with Crippen LogP contribution in [0.4, 0.5) is 0 Å². The Morgan fingerprint density at radius 3 is 2.73 bits per heavy atom. The van der Waals surface area contributed by atoms with Gasteiger partial charge in [-0.3, -0.25) is 4.79 Å². The van der Waals surface area contributed by atoms with Gasteiger partial charge in [-0.15, -0.1) is 0 Å². The van der Waals surface area contributed by atoms with E-state index in [2.05, 4.69) is 12.2 Å². The van der Waals surface area contributed by atoms with E-state index in [0.717, 1.165) is 12.8 Å². The molecule has 1 aromatic rings. The Balaban J connectivity index is 2.02. The molecule has 0 unspecified atom stereocenters. The largest absolute Gasteiger partial charge is 0.353 e. The van der Waals surface area contributed by atoms with Crippen LogP contribution in [0.5, 0.6) is 0 Å². The summed E-state index contributed by atoms with van der Waals surface area (Å²) in [5.41, 5.74) is 0.586. The highest BCUT2D eigenvalue weighted by Gasteiger charge is 2.32. The number of nitrogens with zero attached hydrogens (tertiary/aromatic N) is 1. The molecule has 0 aliphatic carbocycles. The molecule has 1 saturated heterocycles. The second-order valence-corrected chi connectivity index (χ2v) is 9.68. The van der Waals surface area contributed by atoms with E-state index in [4.69, 9.17) is 23.2 Å². The van der Waals surface area contributed by atoms with Gasteiger partial charge in [0.1, 0.15) is 0 Å². The Labute approximate surface area is 166 Å². The van der Waals surface area contributed by atoms with Crippen LogP contribution in [-0.2, 0) is 20.6 Å². The third kappa shape index (κ3) is 5.84. The van der Waals surface area contributed by atoms with Crippen molar-refractivity contribution in [3.05, 3.63) is 33.8 Å². The monoisotopic (exact) mass is 420 g/mol. The summed E-state index contributed by atoms with van der Waals surface area (Å²) in [6.07, 6.45) is 3.30. The maximum Gasteiger partial charge on any atom is 0.224 e. The number of amides is 1. The van der Waals surface area contributed by atoms with Gasteiger partial charge >= 0.3 is 0 Å². The van der Waals surface area contributed by atoms with E-state index in [0.29, 0.717) is 35.0 Å². The molecule has 0 radical (unpaired) electrons. The number of hydrogen-bond donors (Lipinski definition) is 1. The van der Waals surface area contributed by atoms with Gasteiger partial charge in [0.25, 0.3) is 0 Å². The van der Waals surface area contributed by atoms with Crippen LogP contribution in [0, 0.1) is 5.92 Å². The molecule has 5 nitrogen and oxygen atoms in total. The number of halogens is 2. The van der Waals surface area contributed by atoms with Gasteiger partial charge in [-0.1, -0.05) is 42.6 Å². The highest BCUT2D eigenvalue weighted by molar-refractivity contribution is 7.88. The van der Waals surface area contributed by atoms with E-state index in [1.165, 1.54) is 4.31 Å². The topological polar surface area (TPSA) is 66.5 Å². The zero-order chi connectivity index (χ0) is 19.3. The Morgan fingerprint density at radius 2 is 2.08 bits per heavy atom. The smallest absolute Gasteiger partial charge is 0.224 e. The van der Waals surface area contributed by atoms with Gasteiger partial charge in [0, 0.05) is 19.1 Å². The first-order valence-corrected chi connectivity index (χ1v) is 11.3. The quantitative estimate of drug-likeness (QED) is 0.728. The van der Waals surface area contributed by atoms with Crippen LogP contribution in [0.1, 0.15) is 45.1 Å². The Morgan fingerprint density at radius 1 is 1.35 bits per heavy atom. The van der Waals surface area contributed by atoms with Gasteiger partial charge in [0.2, 0.25) is 15.9 Å². The molecule has 2 atom stereocenters. The highest BCUT2D eigenvalue weighted by Crippen LogP contribution is 2.26. The van der Waals surface area contributed by atoms with Crippen molar-refractivity contribution < 1.29 is 13.2 Å². The molecule has 0 spiro atoms. The molecule has 8 heteroatoms. The third-order valence-electron chi connectivity index (χ3n) is 4.59. The molecule has 26 heavy (non-hydrogen) atoms. The molecule has 1 aliphatic heterocycles. The Hall–Kier alpha value is -0.820. The zero-order valence-corrected chi connectivity index (χ0v) is 17.5. The number of carbonyl (C=O) groups is 1. The predicted molar refractivity (Wildman–Crippen MR) is 106 cm³/mol. The fourth-order valence-electron chi connectivity index (χ4n) is 3.21. The van der Waals surface area contributed by atoms with Crippen LogP contribution in [0.2, 0.25) is 10.0 Å². The van der Waals surface area contributed by atoms with Gasteiger partial charge in [-0.25, -0.2) is 12.7 Å². The van der Waals surface area contributed by atoms with E-state index in [1.807, 2.05) is 6.92 Å². The lowest BCUT2D eigenvalue weighted by molar-refractivity contribution is -0.126. The molecule has 0 aromatic heterocycles. The van der Waals surface area contributed by atoms with Crippen molar-refractivity contribution >= 4 is 39.1 Å². The molecule has 2 rings (SSSR count). The Kier molecular flexibility index (Phi) is 7.76. The maximum absolute atomic E-state index is 12.8. The summed E-state index contributed by atoms with van der Waals surface area (Å²) < 4.78 is 26.9. The molecule has 1 heterocycles. The van der Waals surface area contributed by atoms with E-state index >= 15 is 0 Å². The minimum atomic E-state index is -3.52. The molecule has 0 bridgehead atoms. The summed E-state index contributed by atoms with van der Waals surface area (Å²) in [4.78, 5) is 12.4. The Bertz CT molecular complexity index is 740. The average Bonchev–Trinajstić information content (AvgIpc) is 2.58. The fraction of sp³-hybridized carbons (Fsp3) is 0.611.